The molecule has 2 N–H and O–H groups in total. The van der Waals surface area contributed by atoms with Crippen molar-refractivity contribution < 1.29 is 38.9 Å². The van der Waals surface area contributed by atoms with Gasteiger partial charge in [0.05, 0.1) is 25.4 Å². The third-order valence-electron chi connectivity index (χ3n) is 7.77. The fourth-order valence-corrected chi connectivity index (χ4v) is 6.15. The van der Waals surface area contributed by atoms with Crippen molar-refractivity contribution in [1.82, 2.24) is 4.90 Å². The molecule has 9 nitrogen and oxygen atoms in total. The normalized spacial score (nSPS) is 27.3. The molecule has 3 aliphatic carbocycles. The number of rotatable bonds is 5. The van der Waals surface area contributed by atoms with E-state index >= 15 is 0 Å². The Hall–Kier alpha value is -4.01. The van der Waals surface area contributed by atoms with E-state index < -0.39 is 41.5 Å². The van der Waals surface area contributed by atoms with Crippen molar-refractivity contribution >= 4 is 29.4 Å². The van der Waals surface area contributed by atoms with Crippen LogP contribution in [-0.2, 0) is 24.0 Å². The predicted octanol–water partition coefficient (Wildman–Crippen LogP) is 2.31. The van der Waals surface area contributed by atoms with E-state index in [4.69, 9.17) is 9.84 Å². The fraction of sp³-hybridized carbons (Fsp3) is 0.370. The van der Waals surface area contributed by atoms with Crippen LogP contribution >= 0.6 is 0 Å². The second-order valence-electron chi connectivity index (χ2n) is 9.60. The topological polar surface area (TPSA) is 138 Å². The number of carbonyl (C=O) groups is 5. The molecule has 0 aromatic heterocycles. The molecule has 4 atom stereocenters. The quantitative estimate of drug-likeness (QED) is 0.364. The standard InChI is InChI=1S/C27H25NO8/c1-12-10-18(29)17-11-16-13(6-7-15-22(16)27(35)28(26(15)34)9-8-20(30)31)21(23(17)24(12)32)14-4-3-5-19(36-2)25(14)33/h3-6,10,15-16,21-22,33H,7-9,11H2,1-2H3,(H,30,31)/t15-,16+,21+,22-/m0/s1. The summed E-state index contributed by atoms with van der Waals surface area (Å²) >= 11 is 0. The number of phenolic OH excluding ortho intramolecular Hbond substituents is 1. The minimum atomic E-state index is -1.11. The summed E-state index contributed by atoms with van der Waals surface area (Å²) in [5, 5.41) is 20.1. The van der Waals surface area contributed by atoms with Crippen LogP contribution in [0.4, 0.5) is 0 Å². The average molecular weight is 491 g/mol. The van der Waals surface area contributed by atoms with Crippen LogP contribution in [0.15, 0.2) is 52.6 Å². The van der Waals surface area contributed by atoms with Crippen molar-refractivity contribution in [3.8, 4) is 11.5 Å². The molecule has 4 aliphatic rings. The molecule has 1 aromatic carbocycles. The number of hydrogen-bond donors (Lipinski definition) is 2. The van der Waals surface area contributed by atoms with Crippen LogP contribution in [-0.4, -0.2) is 58.1 Å². The van der Waals surface area contributed by atoms with Gasteiger partial charge >= 0.3 is 5.97 Å². The van der Waals surface area contributed by atoms with Gasteiger partial charge in [-0.1, -0.05) is 23.8 Å². The maximum Gasteiger partial charge on any atom is 0.305 e. The summed E-state index contributed by atoms with van der Waals surface area (Å²) in [6, 6.07) is 4.92. The first-order valence-electron chi connectivity index (χ1n) is 11.8. The van der Waals surface area contributed by atoms with Crippen molar-refractivity contribution in [3.63, 3.8) is 0 Å². The Morgan fingerprint density at radius 1 is 1.14 bits per heavy atom. The van der Waals surface area contributed by atoms with Crippen LogP contribution in [0.5, 0.6) is 11.5 Å². The van der Waals surface area contributed by atoms with Crippen LogP contribution in [0.1, 0.15) is 37.7 Å². The summed E-state index contributed by atoms with van der Waals surface area (Å²) in [5.74, 6) is -5.32. The van der Waals surface area contributed by atoms with Gasteiger partial charge in [0.1, 0.15) is 0 Å². The monoisotopic (exact) mass is 491 g/mol. The number of allylic oxidation sites excluding steroid dienone is 6. The van der Waals surface area contributed by atoms with E-state index in [0.717, 1.165) is 4.90 Å². The Morgan fingerprint density at radius 3 is 2.58 bits per heavy atom. The molecule has 1 heterocycles. The number of ether oxygens (including phenoxy) is 1. The lowest BCUT2D eigenvalue weighted by Crippen LogP contribution is -2.40. The molecule has 9 heteroatoms. The van der Waals surface area contributed by atoms with Crippen molar-refractivity contribution in [1.29, 1.82) is 0 Å². The highest BCUT2D eigenvalue weighted by Gasteiger charge is 2.56. The Morgan fingerprint density at radius 2 is 1.89 bits per heavy atom. The number of imide groups is 1. The van der Waals surface area contributed by atoms with Crippen molar-refractivity contribution in [2.75, 3.05) is 13.7 Å². The molecular formula is C27H25NO8. The largest absolute Gasteiger partial charge is 0.504 e. The number of ketones is 2. The molecule has 0 unspecified atom stereocenters. The molecule has 0 bridgehead atoms. The molecule has 0 radical (unpaired) electrons. The van der Waals surface area contributed by atoms with Gasteiger partial charge in [0.25, 0.3) is 0 Å². The summed E-state index contributed by atoms with van der Waals surface area (Å²) in [6.07, 6.45) is 3.14. The number of benzene rings is 1. The van der Waals surface area contributed by atoms with Crippen molar-refractivity contribution in [3.05, 3.63) is 58.2 Å². The summed E-state index contributed by atoms with van der Waals surface area (Å²) in [6.45, 7) is 1.36. The van der Waals surface area contributed by atoms with Gasteiger partial charge in [0, 0.05) is 34.7 Å². The van der Waals surface area contributed by atoms with E-state index in [2.05, 4.69) is 0 Å². The molecule has 36 heavy (non-hydrogen) atoms. The van der Waals surface area contributed by atoms with E-state index in [0.29, 0.717) is 16.7 Å². The second-order valence-corrected chi connectivity index (χ2v) is 9.60. The van der Waals surface area contributed by atoms with Gasteiger partial charge in [-0.05, 0) is 37.8 Å². The number of nitrogens with zero attached hydrogens (tertiary/aromatic N) is 1. The number of fused-ring (bicyclic) bond motifs is 3. The highest BCUT2D eigenvalue weighted by molar-refractivity contribution is 6.24. The van der Waals surface area contributed by atoms with Crippen LogP contribution in [0.2, 0.25) is 0 Å². The van der Waals surface area contributed by atoms with Crippen LogP contribution in [0.25, 0.3) is 0 Å². The minimum Gasteiger partial charge on any atom is -0.504 e. The van der Waals surface area contributed by atoms with E-state index in [9.17, 15) is 29.1 Å². The first-order chi connectivity index (χ1) is 17.1. The average Bonchev–Trinajstić information content (AvgIpc) is 3.09. The lowest BCUT2D eigenvalue weighted by Gasteiger charge is -2.42. The number of likely N-dealkylation sites (tertiary alicyclic amines) is 1. The van der Waals surface area contributed by atoms with Crippen molar-refractivity contribution in [2.45, 2.75) is 32.1 Å². The zero-order valence-corrected chi connectivity index (χ0v) is 19.8. The molecule has 0 saturated carbocycles. The number of carboxylic acids is 1. The zero-order chi connectivity index (χ0) is 25.9. The van der Waals surface area contributed by atoms with E-state index in [1.807, 2.05) is 6.08 Å². The SMILES string of the molecule is COc1cccc([C@H]2C3=CC[C@@H]4C(=O)N(CCC(=O)O)C(=O)[C@@H]4[C@@H]3CC3=C2C(=O)C(C)=CC3=O)c1O. The third-order valence-corrected chi connectivity index (χ3v) is 7.77. The number of aromatic hydroxyl groups is 1. The third kappa shape index (κ3) is 3.41. The number of aliphatic carboxylic acids is 1. The van der Waals surface area contributed by atoms with Crippen molar-refractivity contribution in [2.24, 2.45) is 17.8 Å². The fourth-order valence-electron chi connectivity index (χ4n) is 6.15. The molecule has 1 fully saturated rings. The summed E-state index contributed by atoms with van der Waals surface area (Å²) in [4.78, 5) is 65.0. The van der Waals surface area contributed by atoms with Gasteiger partial charge in [-0.3, -0.25) is 28.9 Å². The smallest absolute Gasteiger partial charge is 0.305 e. The highest BCUT2D eigenvalue weighted by Crippen LogP contribution is 2.56. The molecule has 5 rings (SSSR count). The Labute approximate surface area is 206 Å². The molecular weight excluding hydrogens is 466 g/mol. The number of carbonyl (C=O) groups excluding carboxylic acids is 4. The molecule has 1 aliphatic heterocycles. The Kier molecular flexibility index (Phi) is 5.65. The van der Waals surface area contributed by atoms with Crippen LogP contribution in [0.3, 0.4) is 0 Å². The number of amides is 2. The molecule has 0 spiro atoms. The van der Waals surface area contributed by atoms with Gasteiger partial charge in [0.15, 0.2) is 23.1 Å². The first kappa shape index (κ1) is 23.7. The lowest BCUT2D eigenvalue weighted by molar-refractivity contribution is -0.142. The number of methoxy groups -OCH3 is 1. The van der Waals surface area contributed by atoms with Gasteiger partial charge in [0.2, 0.25) is 11.8 Å². The van der Waals surface area contributed by atoms with Crippen LogP contribution in [0, 0.1) is 17.8 Å². The minimum absolute atomic E-state index is 0.115. The summed E-state index contributed by atoms with van der Waals surface area (Å²) < 4.78 is 5.28. The number of Topliss-reactive ketones (excluding diaryl/α,β-unsaturated/α-hetero) is 1. The number of carboxylic acid groups (broad SMARTS) is 1. The maximum absolute atomic E-state index is 13.4. The Bertz CT molecular complexity index is 1330. The lowest BCUT2D eigenvalue weighted by atomic mass is 9.59. The van der Waals surface area contributed by atoms with Crippen LogP contribution < -0.4 is 4.74 Å². The highest BCUT2D eigenvalue weighted by atomic mass is 16.5. The van der Waals surface area contributed by atoms with E-state index in [-0.39, 0.29) is 60.0 Å². The first-order valence-corrected chi connectivity index (χ1v) is 11.8. The van der Waals surface area contributed by atoms with E-state index in [1.54, 1.807) is 25.1 Å². The second kappa shape index (κ2) is 8.58. The molecule has 1 aromatic rings. The van der Waals surface area contributed by atoms with Gasteiger partial charge in [-0.15, -0.1) is 0 Å². The zero-order valence-electron chi connectivity index (χ0n) is 19.8. The van der Waals surface area contributed by atoms with Gasteiger partial charge < -0.3 is 14.9 Å². The van der Waals surface area contributed by atoms with Gasteiger partial charge in [-0.2, -0.15) is 0 Å². The van der Waals surface area contributed by atoms with Gasteiger partial charge in [-0.25, -0.2) is 0 Å². The van der Waals surface area contributed by atoms with E-state index in [1.165, 1.54) is 13.2 Å². The molecule has 2 amide bonds. The Balaban J connectivity index is 1.65. The maximum atomic E-state index is 13.4. The number of para-hydroxylation sites is 1. The predicted molar refractivity (Wildman–Crippen MR) is 125 cm³/mol. The molecule has 186 valence electrons. The number of hydrogen-bond acceptors (Lipinski definition) is 7. The molecule has 1 saturated heterocycles. The summed E-state index contributed by atoms with van der Waals surface area (Å²) in [5.41, 5.74) is 1.95. The summed E-state index contributed by atoms with van der Waals surface area (Å²) in [7, 11) is 1.41. The number of phenols is 1.